The lowest BCUT2D eigenvalue weighted by Crippen LogP contribution is -2.05. The minimum atomic E-state index is 0.603. The monoisotopic (exact) mass is 1100 g/mol. The Bertz CT molecular complexity index is 4480. The molecule has 10 aromatic carbocycles. The molecule has 0 saturated heterocycles. The van der Waals surface area contributed by atoms with Crippen LogP contribution in [0.15, 0.2) is 175 Å². The van der Waals surface area contributed by atoms with Crippen LogP contribution in [0.1, 0.15) is 174 Å². The van der Waals surface area contributed by atoms with Gasteiger partial charge >= 0.3 is 0 Å². The molecular weight excluding hydrogens is 1030 g/mol. The molecule has 4 saturated carbocycles. The molecule has 0 aliphatic heterocycles. The maximum Gasteiger partial charge on any atom is 0.135 e. The van der Waals surface area contributed by atoms with Gasteiger partial charge in [0.15, 0.2) is 0 Å². The lowest BCUT2D eigenvalue weighted by atomic mass is 9.82. The molecule has 0 radical (unpaired) electrons. The van der Waals surface area contributed by atoms with Gasteiger partial charge in [0, 0.05) is 43.4 Å². The molecule has 5 nitrogen and oxygen atoms in total. The summed E-state index contributed by atoms with van der Waals surface area (Å²) in [6.45, 7) is 0. The Morgan fingerprint density at radius 3 is 0.929 bits per heavy atom. The van der Waals surface area contributed by atoms with E-state index in [0.717, 1.165) is 88.8 Å². The van der Waals surface area contributed by atoms with Gasteiger partial charge in [0.25, 0.3) is 0 Å². The fourth-order valence-corrected chi connectivity index (χ4v) is 16.4. The summed E-state index contributed by atoms with van der Waals surface area (Å²) in [5.74, 6) is 2.44. The molecule has 0 bridgehead atoms. The number of rotatable bonds is 8. The maximum atomic E-state index is 6.57. The SMILES string of the molecule is c1cc(-c2ccc3oc4ccc(-c5cccc(-c6cnc7c8cc(C9CCCCC9)ccc8c8ccc(C9CCCCC9)cc8c7n6)c5)cc4c3c2)cc(-c2cnc3c4cc(C5CCCCC5)ccc4c4ccc(C5CCCCC5)cc4c3n2)c1. The summed E-state index contributed by atoms with van der Waals surface area (Å²) in [5.41, 5.74) is 20.1. The second-order valence-corrected chi connectivity index (χ2v) is 26.2. The van der Waals surface area contributed by atoms with Crippen LogP contribution in [0.3, 0.4) is 0 Å². The largest absolute Gasteiger partial charge is 0.456 e. The zero-order chi connectivity index (χ0) is 56.0. The summed E-state index contributed by atoms with van der Waals surface area (Å²) in [5, 5.41) is 12.2. The Morgan fingerprint density at radius 2 is 0.576 bits per heavy atom. The number of nitrogens with zero attached hydrogens (tertiary/aromatic N) is 4. The van der Waals surface area contributed by atoms with E-state index >= 15 is 0 Å². The Balaban J connectivity index is 0.724. The van der Waals surface area contributed by atoms with Crippen molar-refractivity contribution in [1.29, 1.82) is 0 Å². The van der Waals surface area contributed by atoms with Crippen LogP contribution < -0.4 is 0 Å². The van der Waals surface area contributed by atoms with Gasteiger partial charge in [-0.15, -0.1) is 0 Å². The fourth-order valence-electron chi connectivity index (χ4n) is 16.4. The van der Waals surface area contributed by atoms with E-state index in [1.807, 2.05) is 12.4 Å². The van der Waals surface area contributed by atoms with Crippen molar-refractivity contribution in [2.45, 2.75) is 152 Å². The third kappa shape index (κ3) is 9.18. The minimum absolute atomic E-state index is 0.603. The molecule has 85 heavy (non-hydrogen) atoms. The van der Waals surface area contributed by atoms with E-state index < -0.39 is 0 Å². The average molecular weight is 1110 g/mol. The van der Waals surface area contributed by atoms with Crippen LogP contribution in [0, 0.1) is 0 Å². The Labute approximate surface area is 498 Å². The maximum absolute atomic E-state index is 6.57. The number of aromatic nitrogens is 4. The molecule has 0 unspecified atom stereocenters. The lowest BCUT2D eigenvalue weighted by molar-refractivity contribution is 0.444. The summed E-state index contributed by atoms with van der Waals surface area (Å²) in [4.78, 5) is 22.0. The van der Waals surface area contributed by atoms with Crippen molar-refractivity contribution < 1.29 is 4.42 Å². The molecule has 3 aromatic heterocycles. The van der Waals surface area contributed by atoms with Gasteiger partial charge in [0.05, 0.1) is 45.8 Å². The molecule has 418 valence electrons. The molecule has 17 rings (SSSR count). The molecule has 3 heterocycles. The third-order valence-corrected chi connectivity index (χ3v) is 21.1. The molecule has 13 aromatic rings. The lowest BCUT2D eigenvalue weighted by Gasteiger charge is -2.23. The highest BCUT2D eigenvalue weighted by Gasteiger charge is 2.24. The first-order valence-electron chi connectivity index (χ1n) is 32.6. The third-order valence-electron chi connectivity index (χ3n) is 21.1. The minimum Gasteiger partial charge on any atom is -0.456 e. The molecule has 0 spiro atoms. The summed E-state index contributed by atoms with van der Waals surface area (Å²) in [6, 6.07) is 60.1. The molecule has 5 heteroatoms. The smallest absolute Gasteiger partial charge is 0.135 e. The zero-order valence-corrected chi connectivity index (χ0v) is 48.8. The first kappa shape index (κ1) is 51.2. The number of furan rings is 1. The van der Waals surface area contributed by atoms with E-state index in [1.54, 1.807) is 0 Å². The summed E-state index contributed by atoms with van der Waals surface area (Å²) >= 11 is 0. The molecular formula is C80H72N4O. The Morgan fingerprint density at radius 1 is 0.259 bits per heavy atom. The molecule has 0 atom stereocenters. The van der Waals surface area contributed by atoms with Gasteiger partial charge in [-0.2, -0.15) is 0 Å². The second-order valence-electron chi connectivity index (χ2n) is 26.2. The summed E-state index contributed by atoms with van der Waals surface area (Å²) in [7, 11) is 0. The van der Waals surface area contributed by atoms with Gasteiger partial charge in [0.1, 0.15) is 11.2 Å². The van der Waals surface area contributed by atoms with Crippen LogP contribution in [-0.2, 0) is 0 Å². The Kier molecular flexibility index (Phi) is 12.9. The van der Waals surface area contributed by atoms with E-state index in [2.05, 4.69) is 158 Å². The standard InChI is InChI=1S/C80H72N4O/c1-5-15-49(16-6-1)55-27-33-63-65-35-29-57(51-19-9-3-10-20-51)45-71(65)79-77(69(63)43-55)81-47-73(83-79)61-25-13-23-53(39-61)59-31-37-75-67(41-59)68-42-60(32-38-76(68)85-75)54-24-14-26-62(40-54)74-48-82-78-70-44-56(50-17-7-2-8-18-50)28-34-64(70)66-36-30-58(46-72(66)80(78)84-74)52-21-11-4-12-22-52/h13-14,23-52H,1-12,15-22H2. The first-order valence-corrected chi connectivity index (χ1v) is 32.6. The number of hydrogen-bond donors (Lipinski definition) is 0. The fraction of sp³-hybridized carbons (Fsp3) is 0.300. The zero-order valence-electron chi connectivity index (χ0n) is 48.8. The van der Waals surface area contributed by atoms with E-state index in [9.17, 15) is 0 Å². The van der Waals surface area contributed by atoms with E-state index in [4.69, 9.17) is 24.4 Å². The van der Waals surface area contributed by atoms with Gasteiger partial charge in [-0.1, -0.05) is 174 Å². The van der Waals surface area contributed by atoms with Gasteiger partial charge in [-0.3, -0.25) is 9.97 Å². The molecule has 0 N–H and O–H groups in total. The molecule has 4 fully saturated rings. The number of benzene rings is 10. The van der Waals surface area contributed by atoms with Crippen molar-refractivity contribution in [3.63, 3.8) is 0 Å². The Hall–Kier alpha value is -8.28. The number of fused-ring (bicyclic) bond motifs is 15. The van der Waals surface area contributed by atoms with Gasteiger partial charge < -0.3 is 4.42 Å². The molecule has 4 aliphatic rings. The normalized spacial score (nSPS) is 17.2. The highest BCUT2D eigenvalue weighted by atomic mass is 16.3. The van der Waals surface area contributed by atoms with Crippen molar-refractivity contribution in [2.75, 3.05) is 0 Å². The number of hydrogen-bond acceptors (Lipinski definition) is 5. The van der Waals surface area contributed by atoms with Gasteiger partial charge in [0.2, 0.25) is 0 Å². The van der Waals surface area contributed by atoms with Crippen molar-refractivity contribution in [2.24, 2.45) is 0 Å². The van der Waals surface area contributed by atoms with Crippen molar-refractivity contribution in [1.82, 2.24) is 19.9 Å². The van der Waals surface area contributed by atoms with Crippen LogP contribution >= 0.6 is 0 Å². The van der Waals surface area contributed by atoms with Gasteiger partial charge in [-0.25, -0.2) is 9.97 Å². The quantitative estimate of drug-likeness (QED) is 0.142. The molecule has 4 aliphatic carbocycles. The van der Waals surface area contributed by atoms with Crippen molar-refractivity contribution in [3.8, 4) is 44.8 Å². The predicted molar refractivity (Wildman–Crippen MR) is 355 cm³/mol. The van der Waals surface area contributed by atoms with Crippen LogP contribution in [0.5, 0.6) is 0 Å². The highest BCUT2D eigenvalue weighted by Crippen LogP contribution is 2.45. The van der Waals surface area contributed by atoms with Crippen LogP contribution in [-0.4, -0.2) is 19.9 Å². The summed E-state index contributed by atoms with van der Waals surface area (Å²) in [6.07, 6.45) is 30.1. The predicted octanol–water partition coefficient (Wildman–Crippen LogP) is 22.9. The van der Waals surface area contributed by atoms with Gasteiger partial charge in [-0.05, 0) is 202 Å². The van der Waals surface area contributed by atoms with Crippen LogP contribution in [0.2, 0.25) is 0 Å². The average Bonchev–Trinajstić information content (AvgIpc) is 3.02. The highest BCUT2D eigenvalue weighted by molar-refractivity contribution is 6.24. The summed E-state index contributed by atoms with van der Waals surface area (Å²) < 4.78 is 6.57. The van der Waals surface area contributed by atoms with Crippen molar-refractivity contribution >= 4 is 87.1 Å². The second kappa shape index (κ2) is 21.3. The van der Waals surface area contributed by atoms with Crippen LogP contribution in [0.4, 0.5) is 0 Å². The first-order chi connectivity index (χ1) is 42.1. The van der Waals surface area contributed by atoms with E-state index in [0.29, 0.717) is 23.7 Å². The molecule has 0 amide bonds. The van der Waals surface area contributed by atoms with E-state index in [1.165, 1.54) is 194 Å². The van der Waals surface area contributed by atoms with E-state index in [-0.39, 0.29) is 0 Å². The van der Waals surface area contributed by atoms with Crippen LogP contribution in [0.25, 0.3) is 132 Å². The topological polar surface area (TPSA) is 64.7 Å². The van der Waals surface area contributed by atoms with Crippen molar-refractivity contribution in [3.05, 3.63) is 192 Å².